The number of aromatic nitrogens is 1. The molecular formula is C17H10BrClF5NS. The second kappa shape index (κ2) is 7.32. The Bertz CT molecular complexity index is 861. The van der Waals surface area contributed by atoms with Gasteiger partial charge in [0.05, 0.1) is 10.6 Å². The van der Waals surface area contributed by atoms with E-state index in [9.17, 15) is 22.0 Å². The molecule has 0 amide bonds. The van der Waals surface area contributed by atoms with Crippen molar-refractivity contribution in [3.05, 3.63) is 85.3 Å². The van der Waals surface area contributed by atoms with Crippen molar-refractivity contribution < 1.29 is 22.0 Å². The number of hydrogen-bond donors (Lipinski definition) is 1. The largest absolute Gasteiger partial charge is 0.416 e. The van der Waals surface area contributed by atoms with Gasteiger partial charge in [-0.15, -0.1) is 0 Å². The van der Waals surface area contributed by atoms with E-state index < -0.39 is 39.5 Å². The quantitative estimate of drug-likeness (QED) is 0.294. The summed E-state index contributed by atoms with van der Waals surface area (Å²) in [5, 5.41) is 1.70. The van der Waals surface area contributed by atoms with Crippen LogP contribution in [0.25, 0.3) is 0 Å². The molecule has 9 heteroatoms. The molecule has 3 rings (SSSR count). The third-order valence-electron chi connectivity index (χ3n) is 3.74. The van der Waals surface area contributed by atoms with Gasteiger partial charge in [-0.2, -0.15) is 13.2 Å². The Kier molecular flexibility index (Phi) is 5.46. The molecular weight excluding hydrogens is 461 g/mol. The van der Waals surface area contributed by atoms with Crippen molar-refractivity contribution in [2.75, 3.05) is 0 Å². The van der Waals surface area contributed by atoms with Crippen molar-refractivity contribution in [3.63, 3.8) is 0 Å². The van der Waals surface area contributed by atoms with Crippen LogP contribution in [0.4, 0.5) is 22.0 Å². The highest BCUT2D eigenvalue weighted by Crippen LogP contribution is 2.56. The van der Waals surface area contributed by atoms with Gasteiger partial charge in [0, 0.05) is 17.0 Å². The first-order valence-electron chi connectivity index (χ1n) is 7.17. The van der Waals surface area contributed by atoms with Crippen LogP contribution in [0, 0.1) is 11.6 Å². The lowest BCUT2D eigenvalue weighted by Gasteiger charge is -2.27. The minimum absolute atomic E-state index is 0.0552. The van der Waals surface area contributed by atoms with Gasteiger partial charge < -0.3 is 0 Å². The molecule has 138 valence electrons. The van der Waals surface area contributed by atoms with E-state index in [0.29, 0.717) is 10.2 Å². The second-order valence-corrected chi connectivity index (χ2v) is 8.63. The molecule has 2 unspecified atom stereocenters. The topological polar surface area (TPSA) is 12.9 Å². The maximum Gasteiger partial charge on any atom is 0.416 e. The van der Waals surface area contributed by atoms with E-state index in [1.165, 1.54) is 17.7 Å². The van der Waals surface area contributed by atoms with Crippen LogP contribution in [0.3, 0.4) is 0 Å². The molecule has 26 heavy (non-hydrogen) atoms. The summed E-state index contributed by atoms with van der Waals surface area (Å²) in [6.45, 7) is 0. The first-order chi connectivity index (χ1) is 12.2. The predicted octanol–water partition coefficient (Wildman–Crippen LogP) is 6.84. The van der Waals surface area contributed by atoms with E-state index in [4.69, 9.17) is 11.6 Å². The lowest BCUT2D eigenvalue weighted by Crippen LogP contribution is -2.09. The molecule has 0 spiro atoms. The fraction of sp³-hybridized carbons (Fsp3) is 0.118. The molecule has 0 aliphatic carbocycles. The number of alkyl halides is 3. The van der Waals surface area contributed by atoms with Crippen molar-refractivity contribution in [2.24, 2.45) is 0 Å². The van der Waals surface area contributed by atoms with Gasteiger partial charge in [-0.3, -0.25) is 0 Å². The van der Waals surface area contributed by atoms with E-state index in [2.05, 4.69) is 20.9 Å². The lowest BCUT2D eigenvalue weighted by atomic mass is 10.0. The van der Waals surface area contributed by atoms with Crippen LogP contribution in [0.2, 0.25) is 5.02 Å². The van der Waals surface area contributed by atoms with Gasteiger partial charge in [-0.25, -0.2) is 24.7 Å². The number of allylic oxidation sites excluding steroid dienone is 2. The van der Waals surface area contributed by atoms with Crippen molar-refractivity contribution in [3.8, 4) is 0 Å². The maximum absolute atomic E-state index is 14.4. The van der Waals surface area contributed by atoms with Gasteiger partial charge in [0.2, 0.25) is 0 Å². The molecule has 0 saturated heterocycles. The van der Waals surface area contributed by atoms with E-state index in [0.717, 1.165) is 29.7 Å². The van der Waals surface area contributed by atoms with Crippen LogP contribution in [-0.4, -0.2) is 11.2 Å². The number of pyridine rings is 1. The zero-order chi connectivity index (χ0) is 19.1. The highest BCUT2D eigenvalue weighted by Gasteiger charge is 2.36. The van der Waals surface area contributed by atoms with Crippen LogP contribution in [-0.2, 0) is 0 Å². The number of halogens is 7. The Hall–Kier alpha value is -1.38. The summed E-state index contributed by atoms with van der Waals surface area (Å²) >= 11 is 9.36. The summed E-state index contributed by atoms with van der Waals surface area (Å²) in [7, 11) is -1.62. The molecule has 0 saturated carbocycles. The SMILES string of the molecule is Fc1ccc(F)c(C(c2cc(Br)ncc2Cl)[SH]2C=CC(C(F)(F)F)=C2)c1. The minimum atomic E-state index is -4.51. The Morgan fingerprint density at radius 3 is 2.50 bits per heavy atom. The summed E-state index contributed by atoms with van der Waals surface area (Å²) in [6, 6.07) is 4.40. The van der Waals surface area contributed by atoms with Crippen molar-refractivity contribution in [1.82, 2.24) is 4.98 Å². The van der Waals surface area contributed by atoms with Crippen LogP contribution < -0.4 is 0 Å². The Labute approximate surface area is 162 Å². The molecule has 0 N–H and O–H groups in total. The molecule has 1 nitrogen and oxygen atoms in total. The van der Waals surface area contributed by atoms with Crippen LogP contribution in [0.1, 0.15) is 16.4 Å². The van der Waals surface area contributed by atoms with Gasteiger partial charge in [0.25, 0.3) is 0 Å². The van der Waals surface area contributed by atoms with Gasteiger partial charge in [-0.05, 0) is 62.7 Å². The number of nitrogens with zero attached hydrogens (tertiary/aromatic N) is 1. The smallest absolute Gasteiger partial charge is 0.248 e. The van der Waals surface area contributed by atoms with Crippen LogP contribution in [0.15, 0.2) is 57.5 Å². The van der Waals surface area contributed by atoms with Crippen LogP contribution in [0.5, 0.6) is 0 Å². The maximum atomic E-state index is 14.4. The fourth-order valence-electron chi connectivity index (χ4n) is 2.59. The highest BCUT2D eigenvalue weighted by molar-refractivity contribution is 9.10. The highest BCUT2D eigenvalue weighted by atomic mass is 79.9. The van der Waals surface area contributed by atoms with Gasteiger partial charge in [0.15, 0.2) is 0 Å². The molecule has 0 fully saturated rings. The average molecular weight is 471 g/mol. The van der Waals surface area contributed by atoms with Crippen molar-refractivity contribution in [1.29, 1.82) is 0 Å². The summed E-state index contributed by atoms with van der Waals surface area (Å²) in [4.78, 5) is 3.95. The zero-order valence-electron chi connectivity index (χ0n) is 12.7. The lowest BCUT2D eigenvalue weighted by molar-refractivity contribution is -0.0878. The monoisotopic (exact) mass is 469 g/mol. The summed E-state index contributed by atoms with van der Waals surface area (Å²) in [6.07, 6.45) is -2.24. The number of benzene rings is 1. The van der Waals surface area contributed by atoms with Crippen molar-refractivity contribution in [2.45, 2.75) is 11.4 Å². The summed E-state index contributed by atoms with van der Waals surface area (Å²) < 4.78 is 67.6. The molecule has 0 bridgehead atoms. The zero-order valence-corrected chi connectivity index (χ0v) is 16.0. The molecule has 1 aromatic heterocycles. The first kappa shape index (κ1) is 19.4. The number of hydrogen-bond acceptors (Lipinski definition) is 1. The van der Waals surface area contributed by atoms with E-state index in [1.54, 1.807) is 0 Å². The number of thiol groups is 1. The van der Waals surface area contributed by atoms with Gasteiger partial charge >= 0.3 is 6.18 Å². The minimum Gasteiger partial charge on any atom is -0.248 e. The first-order valence-corrected chi connectivity index (χ1v) is 9.89. The number of rotatable bonds is 3. The van der Waals surface area contributed by atoms with E-state index >= 15 is 0 Å². The molecule has 1 aliphatic rings. The molecule has 2 heterocycles. The normalized spacial score (nSPS) is 19.5. The third-order valence-corrected chi connectivity index (χ3v) is 6.71. The summed E-state index contributed by atoms with van der Waals surface area (Å²) in [5.74, 6) is -1.40. The standard InChI is InChI=1S/C17H10BrClF5NS/c18-15-6-11(13(19)7-25-15)16(12-5-10(20)1-2-14(12)21)26-4-3-9(8-26)17(22,23)24/h1-8,16,26H. The predicted molar refractivity (Wildman–Crippen MR) is 97.4 cm³/mol. The van der Waals surface area contributed by atoms with E-state index in [1.807, 2.05) is 0 Å². The van der Waals surface area contributed by atoms with Gasteiger partial charge in [-0.1, -0.05) is 11.6 Å². The van der Waals surface area contributed by atoms with Gasteiger partial charge in [0.1, 0.15) is 16.2 Å². The van der Waals surface area contributed by atoms with E-state index in [-0.39, 0.29) is 10.6 Å². The molecule has 2 aromatic rings. The fourth-order valence-corrected chi connectivity index (χ4v) is 5.58. The van der Waals surface area contributed by atoms with Crippen molar-refractivity contribution >= 4 is 38.4 Å². The third kappa shape index (κ3) is 3.97. The second-order valence-electron chi connectivity index (χ2n) is 5.44. The Balaban J connectivity index is 2.18. The van der Waals surface area contributed by atoms with Crippen LogP contribution >= 0.6 is 38.4 Å². The Morgan fingerprint density at radius 2 is 1.85 bits per heavy atom. The molecule has 1 aliphatic heterocycles. The Morgan fingerprint density at radius 1 is 1.12 bits per heavy atom. The summed E-state index contributed by atoms with van der Waals surface area (Å²) in [5.41, 5.74) is -0.497. The molecule has 0 radical (unpaired) electrons. The average Bonchev–Trinajstić information content (AvgIpc) is 3.04. The molecule has 1 aromatic carbocycles. The molecule has 2 atom stereocenters.